The third-order valence-corrected chi connectivity index (χ3v) is 2.53. The Balaban J connectivity index is 2.27. The molecule has 0 fully saturated rings. The topological polar surface area (TPSA) is 38.1 Å². The van der Waals surface area contributed by atoms with Gasteiger partial charge >= 0.3 is 0 Å². The Bertz CT molecular complexity index is 508. The predicted octanol–water partition coefficient (Wildman–Crippen LogP) is 2.55. The van der Waals surface area contributed by atoms with Gasteiger partial charge in [-0.2, -0.15) is 0 Å². The number of aromatic nitrogens is 1. The molecule has 2 rings (SSSR count). The first-order valence-electron chi connectivity index (χ1n) is 5.56. The van der Waals surface area contributed by atoms with E-state index in [0.717, 1.165) is 12.1 Å². The van der Waals surface area contributed by atoms with E-state index in [1.807, 2.05) is 14.0 Å². The first-order valence-corrected chi connectivity index (χ1v) is 5.56. The lowest BCUT2D eigenvalue weighted by Gasteiger charge is -2.00. The lowest BCUT2D eigenvalue weighted by atomic mass is 10.1. The highest BCUT2D eigenvalue weighted by Crippen LogP contribution is 2.24. The van der Waals surface area contributed by atoms with Crippen molar-refractivity contribution in [2.45, 2.75) is 13.3 Å². The number of hydrogen-bond donors (Lipinski definition) is 1. The molecule has 0 aliphatic rings. The second-order valence-corrected chi connectivity index (χ2v) is 3.96. The average molecular weight is 234 g/mol. The lowest BCUT2D eigenvalue weighted by Crippen LogP contribution is -2.10. The van der Waals surface area contributed by atoms with Crippen molar-refractivity contribution < 1.29 is 8.81 Å². The standard InChI is InChI=1S/C13H15FN2O/c1-9-3-4-11(14)10(7-9)12-8-16-13(17-12)5-6-15-2/h3-4,7-8,15H,5-6H2,1-2H3. The number of benzene rings is 1. The van der Waals surface area contributed by atoms with Crippen LogP contribution in [0.3, 0.4) is 0 Å². The second-order valence-electron chi connectivity index (χ2n) is 3.96. The highest BCUT2D eigenvalue weighted by Gasteiger charge is 2.10. The maximum absolute atomic E-state index is 13.6. The van der Waals surface area contributed by atoms with E-state index in [0.29, 0.717) is 23.6 Å². The SMILES string of the molecule is CNCCc1ncc(-c2cc(C)ccc2F)o1. The van der Waals surface area contributed by atoms with Crippen LogP contribution in [-0.4, -0.2) is 18.6 Å². The molecule has 0 aliphatic heterocycles. The van der Waals surface area contributed by atoms with Crippen LogP contribution in [0.5, 0.6) is 0 Å². The third kappa shape index (κ3) is 2.71. The summed E-state index contributed by atoms with van der Waals surface area (Å²) in [5.74, 6) is 0.819. The minimum Gasteiger partial charge on any atom is -0.441 e. The molecule has 2 aromatic rings. The van der Waals surface area contributed by atoms with Crippen LogP contribution >= 0.6 is 0 Å². The fraction of sp³-hybridized carbons (Fsp3) is 0.308. The number of hydrogen-bond acceptors (Lipinski definition) is 3. The van der Waals surface area contributed by atoms with Gasteiger partial charge in [0, 0.05) is 13.0 Å². The fourth-order valence-electron chi connectivity index (χ4n) is 1.61. The summed E-state index contributed by atoms with van der Waals surface area (Å²) in [6.45, 7) is 2.71. The Morgan fingerprint density at radius 2 is 2.24 bits per heavy atom. The van der Waals surface area contributed by atoms with Crippen molar-refractivity contribution in [1.82, 2.24) is 10.3 Å². The fourth-order valence-corrected chi connectivity index (χ4v) is 1.61. The minimum atomic E-state index is -0.285. The third-order valence-electron chi connectivity index (χ3n) is 2.53. The van der Waals surface area contributed by atoms with Crippen LogP contribution in [0.4, 0.5) is 4.39 Å². The van der Waals surface area contributed by atoms with E-state index in [1.165, 1.54) is 6.07 Å². The zero-order valence-electron chi connectivity index (χ0n) is 9.96. The predicted molar refractivity (Wildman–Crippen MR) is 64.3 cm³/mol. The van der Waals surface area contributed by atoms with Gasteiger partial charge in [-0.25, -0.2) is 9.37 Å². The Kier molecular flexibility index (Phi) is 3.54. The van der Waals surface area contributed by atoms with Gasteiger partial charge in [-0.15, -0.1) is 0 Å². The molecular formula is C13H15FN2O. The molecule has 0 aliphatic carbocycles. The number of halogens is 1. The molecule has 17 heavy (non-hydrogen) atoms. The van der Waals surface area contributed by atoms with Crippen LogP contribution in [0.2, 0.25) is 0 Å². The summed E-state index contributed by atoms with van der Waals surface area (Å²) in [5.41, 5.74) is 1.46. The molecule has 0 atom stereocenters. The maximum atomic E-state index is 13.6. The minimum absolute atomic E-state index is 0.285. The van der Waals surface area contributed by atoms with Crippen molar-refractivity contribution in [3.05, 3.63) is 41.7 Å². The van der Waals surface area contributed by atoms with Crippen molar-refractivity contribution >= 4 is 0 Å². The largest absolute Gasteiger partial charge is 0.441 e. The number of nitrogens with zero attached hydrogens (tertiary/aromatic N) is 1. The molecular weight excluding hydrogens is 219 g/mol. The Morgan fingerprint density at radius 3 is 3.00 bits per heavy atom. The van der Waals surface area contributed by atoms with E-state index in [1.54, 1.807) is 18.3 Å². The van der Waals surface area contributed by atoms with E-state index in [4.69, 9.17) is 4.42 Å². The molecule has 3 nitrogen and oxygen atoms in total. The van der Waals surface area contributed by atoms with Crippen LogP contribution in [0.25, 0.3) is 11.3 Å². The van der Waals surface area contributed by atoms with Gasteiger partial charge in [0.15, 0.2) is 11.7 Å². The van der Waals surface area contributed by atoms with E-state index in [2.05, 4.69) is 10.3 Å². The molecule has 1 aromatic carbocycles. The molecule has 1 aromatic heterocycles. The molecule has 0 radical (unpaired) electrons. The summed E-state index contributed by atoms with van der Waals surface area (Å²) in [7, 11) is 1.87. The quantitative estimate of drug-likeness (QED) is 0.883. The van der Waals surface area contributed by atoms with E-state index in [9.17, 15) is 4.39 Å². The first kappa shape index (κ1) is 11.8. The number of nitrogens with one attached hydrogen (secondary N) is 1. The van der Waals surface area contributed by atoms with Crippen molar-refractivity contribution in [3.63, 3.8) is 0 Å². The van der Waals surface area contributed by atoms with Gasteiger partial charge in [-0.05, 0) is 26.1 Å². The number of likely N-dealkylation sites (N-methyl/N-ethyl adjacent to an activating group) is 1. The molecule has 0 amide bonds. The zero-order valence-corrected chi connectivity index (χ0v) is 9.96. The Morgan fingerprint density at radius 1 is 1.41 bits per heavy atom. The van der Waals surface area contributed by atoms with Gasteiger partial charge in [0.1, 0.15) is 5.82 Å². The summed E-state index contributed by atoms with van der Waals surface area (Å²) >= 11 is 0. The smallest absolute Gasteiger partial charge is 0.196 e. The maximum Gasteiger partial charge on any atom is 0.196 e. The van der Waals surface area contributed by atoms with Crippen LogP contribution in [-0.2, 0) is 6.42 Å². The monoisotopic (exact) mass is 234 g/mol. The van der Waals surface area contributed by atoms with Crippen LogP contribution in [0, 0.1) is 12.7 Å². The molecule has 1 heterocycles. The first-order chi connectivity index (χ1) is 8.20. The zero-order chi connectivity index (χ0) is 12.3. The second kappa shape index (κ2) is 5.10. The Labute approximate surface area is 99.7 Å². The lowest BCUT2D eigenvalue weighted by molar-refractivity contribution is 0.497. The molecule has 4 heteroatoms. The highest BCUT2D eigenvalue weighted by atomic mass is 19.1. The summed E-state index contributed by atoms with van der Waals surface area (Å²) < 4.78 is 19.1. The molecule has 0 saturated heterocycles. The van der Waals surface area contributed by atoms with Crippen LogP contribution in [0.1, 0.15) is 11.5 Å². The molecule has 0 saturated carbocycles. The van der Waals surface area contributed by atoms with Gasteiger partial charge in [0.05, 0.1) is 11.8 Å². The van der Waals surface area contributed by atoms with Crippen molar-refractivity contribution in [3.8, 4) is 11.3 Å². The number of aryl methyl sites for hydroxylation is 1. The van der Waals surface area contributed by atoms with Gasteiger partial charge < -0.3 is 9.73 Å². The highest BCUT2D eigenvalue weighted by molar-refractivity contribution is 5.58. The normalized spacial score (nSPS) is 10.8. The van der Waals surface area contributed by atoms with Crippen molar-refractivity contribution in [2.24, 2.45) is 0 Å². The summed E-state index contributed by atoms with van der Waals surface area (Å²) in [6.07, 6.45) is 2.27. The van der Waals surface area contributed by atoms with Crippen molar-refractivity contribution in [2.75, 3.05) is 13.6 Å². The van der Waals surface area contributed by atoms with Crippen LogP contribution < -0.4 is 5.32 Å². The van der Waals surface area contributed by atoms with Gasteiger partial charge in [0.2, 0.25) is 0 Å². The van der Waals surface area contributed by atoms with Gasteiger partial charge in [-0.1, -0.05) is 11.6 Å². The van der Waals surface area contributed by atoms with Gasteiger partial charge in [-0.3, -0.25) is 0 Å². The number of rotatable bonds is 4. The molecule has 1 N–H and O–H groups in total. The van der Waals surface area contributed by atoms with Crippen LogP contribution in [0.15, 0.2) is 28.8 Å². The molecule has 0 spiro atoms. The van der Waals surface area contributed by atoms with E-state index < -0.39 is 0 Å². The number of oxazole rings is 1. The van der Waals surface area contributed by atoms with Gasteiger partial charge in [0.25, 0.3) is 0 Å². The van der Waals surface area contributed by atoms with E-state index in [-0.39, 0.29) is 5.82 Å². The summed E-state index contributed by atoms with van der Waals surface area (Å²) in [5, 5.41) is 3.01. The van der Waals surface area contributed by atoms with E-state index >= 15 is 0 Å². The summed E-state index contributed by atoms with van der Waals surface area (Å²) in [4.78, 5) is 4.13. The Hall–Kier alpha value is -1.68. The molecule has 90 valence electrons. The van der Waals surface area contributed by atoms with Crippen molar-refractivity contribution in [1.29, 1.82) is 0 Å². The summed E-state index contributed by atoms with van der Waals surface area (Å²) in [6, 6.07) is 4.94. The average Bonchev–Trinajstić information content (AvgIpc) is 2.78. The molecule has 0 bridgehead atoms. The molecule has 0 unspecified atom stereocenters.